The van der Waals surface area contributed by atoms with E-state index in [-0.39, 0.29) is 12.6 Å². The highest BCUT2D eigenvalue weighted by Gasteiger charge is 2.12. The van der Waals surface area contributed by atoms with E-state index in [2.05, 4.69) is 5.32 Å². The Labute approximate surface area is 133 Å². The Kier molecular flexibility index (Phi) is 4.26. The van der Waals surface area contributed by atoms with E-state index in [4.69, 9.17) is 16.3 Å². The number of hydrogen-bond acceptors (Lipinski definition) is 3. The van der Waals surface area contributed by atoms with Gasteiger partial charge in [0.15, 0.2) is 0 Å². The zero-order valence-electron chi connectivity index (χ0n) is 11.8. The predicted octanol–water partition coefficient (Wildman–Crippen LogP) is 4.41. The molecule has 0 radical (unpaired) electrons. The van der Waals surface area contributed by atoms with Crippen LogP contribution in [0, 0.1) is 0 Å². The minimum atomic E-state index is -0.369. The van der Waals surface area contributed by atoms with Gasteiger partial charge in [-0.2, -0.15) is 0 Å². The summed E-state index contributed by atoms with van der Waals surface area (Å²) in [5, 5.41) is 3.75. The second-order valence-corrected chi connectivity index (χ2v) is 5.31. The lowest BCUT2D eigenvalue weighted by Gasteiger charge is -2.06. The van der Waals surface area contributed by atoms with Gasteiger partial charge in [-0.05, 0) is 35.4 Å². The number of carbonyl (C=O) groups excluding carboxylic acids is 1. The Balaban J connectivity index is 1.69. The summed E-state index contributed by atoms with van der Waals surface area (Å²) >= 11 is 5.98. The van der Waals surface area contributed by atoms with E-state index in [1.165, 1.54) is 0 Å². The number of ether oxygens (including phenoxy) is 1. The smallest absolute Gasteiger partial charge is 0.339 e. The molecule has 0 saturated carbocycles. The third-order valence-corrected chi connectivity index (χ3v) is 3.52. The van der Waals surface area contributed by atoms with Gasteiger partial charge in [0, 0.05) is 16.9 Å². The average molecular weight is 312 g/mol. The highest BCUT2D eigenvalue weighted by atomic mass is 35.5. The summed E-state index contributed by atoms with van der Waals surface area (Å²) < 4.78 is 5.32. The van der Waals surface area contributed by atoms with Gasteiger partial charge in [-0.15, -0.1) is 0 Å². The van der Waals surface area contributed by atoms with Gasteiger partial charge in [0.2, 0.25) is 0 Å². The molecule has 1 aliphatic rings. The van der Waals surface area contributed by atoms with Crippen molar-refractivity contribution in [2.45, 2.75) is 6.61 Å². The largest absolute Gasteiger partial charge is 0.457 e. The van der Waals surface area contributed by atoms with Crippen molar-refractivity contribution < 1.29 is 9.53 Å². The van der Waals surface area contributed by atoms with Crippen molar-refractivity contribution in [1.82, 2.24) is 0 Å². The summed E-state index contributed by atoms with van der Waals surface area (Å²) in [5.41, 5.74) is 3.24. The Hall–Kier alpha value is -2.52. The Bertz CT molecular complexity index is 751. The predicted molar refractivity (Wildman–Crippen MR) is 88.4 cm³/mol. The topological polar surface area (TPSA) is 38.3 Å². The van der Waals surface area contributed by atoms with Gasteiger partial charge < -0.3 is 10.1 Å². The fraction of sp³-hybridized carbons (Fsp3) is 0.0556. The van der Waals surface area contributed by atoms with Crippen LogP contribution >= 0.6 is 11.6 Å². The molecule has 0 amide bonds. The molecule has 22 heavy (non-hydrogen) atoms. The quantitative estimate of drug-likeness (QED) is 0.853. The normalized spacial score (nSPS) is 12.7. The maximum atomic E-state index is 12.1. The summed E-state index contributed by atoms with van der Waals surface area (Å²) in [4.78, 5) is 12.1. The highest BCUT2D eigenvalue weighted by molar-refractivity contribution is 6.30. The van der Waals surface area contributed by atoms with E-state index in [1.54, 1.807) is 18.3 Å². The maximum Gasteiger partial charge on any atom is 0.339 e. The molecule has 2 aromatic carbocycles. The first-order valence-corrected chi connectivity index (χ1v) is 7.25. The summed E-state index contributed by atoms with van der Waals surface area (Å²) in [6, 6.07) is 15.1. The molecular formula is C18H14ClNO2. The van der Waals surface area contributed by atoms with Gasteiger partial charge >= 0.3 is 5.97 Å². The number of hydrogen-bond donors (Lipinski definition) is 1. The summed E-state index contributed by atoms with van der Waals surface area (Å²) in [7, 11) is 0. The molecule has 0 spiro atoms. The number of benzene rings is 2. The molecule has 0 atom stereocenters. The van der Waals surface area contributed by atoms with Gasteiger partial charge in [-0.25, -0.2) is 4.79 Å². The fourth-order valence-electron chi connectivity index (χ4n) is 2.12. The van der Waals surface area contributed by atoms with Crippen molar-refractivity contribution in [2.24, 2.45) is 0 Å². The first kappa shape index (κ1) is 14.4. The van der Waals surface area contributed by atoms with Crippen LogP contribution in [-0.4, -0.2) is 5.97 Å². The van der Waals surface area contributed by atoms with Crippen LogP contribution in [0.25, 0.3) is 6.08 Å². The number of anilines is 1. The Morgan fingerprint density at radius 3 is 2.73 bits per heavy atom. The molecule has 0 saturated heterocycles. The van der Waals surface area contributed by atoms with Crippen LogP contribution in [0.15, 0.2) is 66.4 Å². The molecule has 110 valence electrons. The van der Waals surface area contributed by atoms with Crippen molar-refractivity contribution in [3.05, 3.63) is 82.5 Å². The molecule has 1 N–H and O–H groups in total. The van der Waals surface area contributed by atoms with Crippen LogP contribution in [0.4, 0.5) is 5.69 Å². The summed E-state index contributed by atoms with van der Waals surface area (Å²) in [6.07, 6.45) is 5.21. The first-order chi connectivity index (χ1) is 10.7. The lowest BCUT2D eigenvalue weighted by molar-refractivity contribution is -0.139. The van der Waals surface area contributed by atoms with Gasteiger partial charge in [0.05, 0.1) is 5.57 Å². The number of nitrogens with one attached hydrogen (secondary N) is 1. The molecule has 0 aromatic heterocycles. The number of fused-ring (bicyclic) bond motifs is 1. The molecule has 2 aromatic rings. The van der Waals surface area contributed by atoms with E-state index < -0.39 is 0 Å². The van der Waals surface area contributed by atoms with Crippen molar-refractivity contribution in [1.29, 1.82) is 0 Å². The van der Waals surface area contributed by atoms with Gasteiger partial charge in [0.1, 0.15) is 6.61 Å². The van der Waals surface area contributed by atoms with Crippen molar-refractivity contribution in [3.8, 4) is 0 Å². The van der Waals surface area contributed by atoms with Crippen molar-refractivity contribution >= 4 is 29.3 Å². The zero-order valence-corrected chi connectivity index (χ0v) is 12.5. The molecule has 0 fully saturated rings. The molecule has 1 aliphatic heterocycles. The second-order valence-electron chi connectivity index (χ2n) is 4.87. The minimum absolute atomic E-state index is 0.254. The fourth-order valence-corrected chi connectivity index (χ4v) is 2.30. The van der Waals surface area contributed by atoms with Crippen LogP contribution in [0.3, 0.4) is 0 Å². The molecule has 0 aliphatic carbocycles. The van der Waals surface area contributed by atoms with E-state index in [9.17, 15) is 4.79 Å². The van der Waals surface area contributed by atoms with Crippen LogP contribution in [0.5, 0.6) is 0 Å². The summed E-state index contributed by atoms with van der Waals surface area (Å²) in [5.74, 6) is -0.369. The molecule has 4 heteroatoms. The Morgan fingerprint density at radius 2 is 1.91 bits per heavy atom. The van der Waals surface area contributed by atoms with Crippen LogP contribution < -0.4 is 5.32 Å². The number of carbonyl (C=O) groups is 1. The third-order valence-electron chi connectivity index (χ3n) is 3.29. The van der Waals surface area contributed by atoms with E-state index in [1.807, 2.05) is 48.5 Å². The number of esters is 1. The molecule has 0 unspecified atom stereocenters. The van der Waals surface area contributed by atoms with E-state index in [0.717, 1.165) is 16.8 Å². The van der Waals surface area contributed by atoms with Crippen molar-refractivity contribution in [3.63, 3.8) is 0 Å². The third kappa shape index (κ3) is 3.38. The molecule has 1 heterocycles. The molecule has 3 rings (SSSR count). The Morgan fingerprint density at radius 1 is 1.09 bits per heavy atom. The number of rotatable bonds is 3. The SMILES string of the molecule is O=C(OCc1ccccc1)C1=CNc2ccc(Cl)cc2C=C1. The van der Waals surface area contributed by atoms with Crippen LogP contribution in [0.2, 0.25) is 5.02 Å². The monoisotopic (exact) mass is 311 g/mol. The van der Waals surface area contributed by atoms with Gasteiger partial charge in [-0.1, -0.05) is 48.0 Å². The highest BCUT2D eigenvalue weighted by Crippen LogP contribution is 2.25. The van der Waals surface area contributed by atoms with Crippen molar-refractivity contribution in [2.75, 3.05) is 5.32 Å². The first-order valence-electron chi connectivity index (χ1n) is 6.88. The van der Waals surface area contributed by atoms with E-state index >= 15 is 0 Å². The summed E-state index contributed by atoms with van der Waals surface area (Å²) in [6.45, 7) is 0.254. The molecular weight excluding hydrogens is 298 g/mol. The lowest BCUT2D eigenvalue weighted by Crippen LogP contribution is -2.07. The van der Waals surface area contributed by atoms with Crippen LogP contribution in [-0.2, 0) is 16.1 Å². The minimum Gasteiger partial charge on any atom is -0.457 e. The van der Waals surface area contributed by atoms with Crippen LogP contribution in [0.1, 0.15) is 11.1 Å². The molecule has 0 bridgehead atoms. The molecule has 3 nitrogen and oxygen atoms in total. The van der Waals surface area contributed by atoms with E-state index in [0.29, 0.717) is 10.6 Å². The standard InChI is InChI=1S/C18H14ClNO2/c19-16-8-9-17-14(10-16)6-7-15(11-20-17)18(21)22-12-13-4-2-1-3-5-13/h1-11,20H,12H2. The second kappa shape index (κ2) is 6.50. The lowest BCUT2D eigenvalue weighted by atomic mass is 10.1. The van der Waals surface area contributed by atoms with Gasteiger partial charge in [0.25, 0.3) is 0 Å². The number of halogens is 1. The zero-order chi connectivity index (χ0) is 15.4. The van der Waals surface area contributed by atoms with Gasteiger partial charge in [-0.3, -0.25) is 0 Å². The average Bonchev–Trinajstić information content (AvgIpc) is 2.76. The maximum absolute atomic E-state index is 12.1.